The van der Waals surface area contributed by atoms with E-state index in [9.17, 15) is 4.79 Å². The van der Waals surface area contributed by atoms with Crippen molar-refractivity contribution in [3.63, 3.8) is 0 Å². The second-order valence-corrected chi connectivity index (χ2v) is 6.96. The Hall–Kier alpha value is -4.26. The Kier molecular flexibility index (Phi) is 6.36. The number of benzene rings is 2. The van der Waals surface area contributed by atoms with Gasteiger partial charge in [-0.3, -0.25) is 9.78 Å². The van der Waals surface area contributed by atoms with Gasteiger partial charge in [-0.15, -0.1) is 0 Å². The molecule has 160 valence electrons. The third kappa shape index (κ3) is 4.73. The van der Waals surface area contributed by atoms with E-state index in [0.717, 1.165) is 16.7 Å². The van der Waals surface area contributed by atoms with Gasteiger partial charge in [-0.2, -0.15) is 0 Å². The van der Waals surface area contributed by atoms with Crippen LogP contribution in [0.5, 0.6) is 11.5 Å². The molecular formula is C25H22N4O3. The summed E-state index contributed by atoms with van der Waals surface area (Å²) in [4.78, 5) is 26.3. The fraction of sp³-hybridized carbons (Fsp3) is 0.120. The topological polar surface area (TPSA) is 86.2 Å². The van der Waals surface area contributed by atoms with Gasteiger partial charge >= 0.3 is 0 Å². The largest absolute Gasteiger partial charge is 0.497 e. The van der Waals surface area contributed by atoms with Crippen LogP contribution in [0, 0.1) is 0 Å². The molecular weight excluding hydrogens is 404 g/mol. The van der Waals surface area contributed by atoms with Crippen molar-refractivity contribution in [1.82, 2.24) is 20.3 Å². The second-order valence-electron chi connectivity index (χ2n) is 6.96. The molecule has 0 atom stereocenters. The second kappa shape index (κ2) is 9.70. The zero-order chi connectivity index (χ0) is 22.3. The molecule has 0 spiro atoms. The quantitative estimate of drug-likeness (QED) is 0.478. The van der Waals surface area contributed by atoms with E-state index in [4.69, 9.17) is 14.5 Å². The molecule has 1 N–H and O–H groups in total. The highest BCUT2D eigenvalue weighted by atomic mass is 16.5. The molecule has 0 saturated carbocycles. The minimum absolute atomic E-state index is 0.279. The Morgan fingerprint density at radius 3 is 2.25 bits per heavy atom. The lowest BCUT2D eigenvalue weighted by Gasteiger charge is -2.12. The molecule has 0 radical (unpaired) electrons. The van der Waals surface area contributed by atoms with E-state index < -0.39 is 0 Å². The normalized spacial score (nSPS) is 10.4. The molecule has 0 aliphatic carbocycles. The van der Waals surface area contributed by atoms with Crippen molar-refractivity contribution < 1.29 is 14.3 Å². The molecule has 7 nitrogen and oxygen atoms in total. The molecule has 0 saturated heterocycles. The Morgan fingerprint density at radius 1 is 0.906 bits per heavy atom. The first-order chi connectivity index (χ1) is 15.7. The van der Waals surface area contributed by atoms with Gasteiger partial charge in [0.25, 0.3) is 5.91 Å². The first-order valence-corrected chi connectivity index (χ1v) is 10.0. The summed E-state index contributed by atoms with van der Waals surface area (Å²) in [6.07, 6.45) is 4.90. The Balaban J connectivity index is 1.64. The maximum absolute atomic E-state index is 13.1. The van der Waals surface area contributed by atoms with Crippen molar-refractivity contribution in [2.45, 2.75) is 6.54 Å². The van der Waals surface area contributed by atoms with Gasteiger partial charge < -0.3 is 14.8 Å². The summed E-state index contributed by atoms with van der Waals surface area (Å²) >= 11 is 0. The van der Waals surface area contributed by atoms with E-state index in [2.05, 4.69) is 15.3 Å². The number of ether oxygens (including phenoxy) is 2. The Labute approximate surface area is 186 Å². The van der Waals surface area contributed by atoms with Crippen LogP contribution in [-0.2, 0) is 6.54 Å². The van der Waals surface area contributed by atoms with Crippen LogP contribution in [-0.4, -0.2) is 35.1 Å². The van der Waals surface area contributed by atoms with Crippen molar-refractivity contribution >= 4 is 5.91 Å². The predicted octanol–water partition coefficient (Wildman–Crippen LogP) is 4.15. The van der Waals surface area contributed by atoms with Crippen molar-refractivity contribution in [3.8, 4) is 34.1 Å². The fourth-order valence-electron chi connectivity index (χ4n) is 3.25. The first kappa shape index (κ1) is 21.0. The number of aromatic nitrogens is 3. The van der Waals surface area contributed by atoms with Gasteiger partial charge in [-0.25, -0.2) is 9.97 Å². The lowest BCUT2D eigenvalue weighted by Crippen LogP contribution is -2.24. The number of rotatable bonds is 7. The zero-order valence-corrected chi connectivity index (χ0v) is 17.8. The van der Waals surface area contributed by atoms with Gasteiger partial charge in [-0.05, 0) is 29.8 Å². The number of carbonyl (C=O) groups excluding carboxylic acids is 1. The van der Waals surface area contributed by atoms with Gasteiger partial charge in [0.2, 0.25) is 0 Å². The van der Waals surface area contributed by atoms with E-state index in [-0.39, 0.29) is 5.91 Å². The number of hydrogen-bond donors (Lipinski definition) is 1. The molecule has 7 heteroatoms. The van der Waals surface area contributed by atoms with Crippen LogP contribution >= 0.6 is 0 Å². The maximum Gasteiger partial charge on any atom is 0.255 e. The molecule has 4 aromatic rings. The smallest absolute Gasteiger partial charge is 0.255 e. The first-order valence-electron chi connectivity index (χ1n) is 10.0. The molecule has 0 aliphatic rings. The lowest BCUT2D eigenvalue weighted by atomic mass is 10.1. The summed E-state index contributed by atoms with van der Waals surface area (Å²) in [5.74, 6) is 1.58. The molecule has 32 heavy (non-hydrogen) atoms. The summed E-state index contributed by atoms with van der Waals surface area (Å²) < 4.78 is 10.6. The fourth-order valence-corrected chi connectivity index (χ4v) is 3.25. The van der Waals surface area contributed by atoms with Gasteiger partial charge in [-0.1, -0.05) is 30.3 Å². The summed E-state index contributed by atoms with van der Waals surface area (Å²) in [6.45, 7) is 0.294. The molecule has 0 bridgehead atoms. The van der Waals surface area contributed by atoms with Crippen LogP contribution in [0.3, 0.4) is 0 Å². The molecule has 2 heterocycles. The number of carbonyl (C=O) groups is 1. The van der Waals surface area contributed by atoms with Crippen molar-refractivity contribution in [1.29, 1.82) is 0 Å². The summed E-state index contributed by atoms with van der Waals surface area (Å²) in [7, 11) is 3.17. The maximum atomic E-state index is 13.1. The number of amides is 1. The standard InChI is InChI=1S/C25H22N4O3/c1-31-20-12-17(13-21(14-20)32-2)15-28-25(30)22-16-27-24(19-6-4-3-5-7-19)29-23(22)18-8-10-26-11-9-18/h3-14,16H,15H2,1-2H3,(H,28,30). The molecule has 0 fully saturated rings. The summed E-state index contributed by atoms with van der Waals surface area (Å²) in [6, 6.07) is 18.8. The zero-order valence-electron chi connectivity index (χ0n) is 17.8. The average Bonchev–Trinajstić information content (AvgIpc) is 2.87. The SMILES string of the molecule is COc1cc(CNC(=O)c2cnc(-c3ccccc3)nc2-c2ccncc2)cc(OC)c1. The third-order valence-electron chi connectivity index (χ3n) is 4.88. The van der Waals surface area contributed by atoms with Crippen LogP contribution in [0.2, 0.25) is 0 Å². The molecule has 2 aromatic heterocycles. The van der Waals surface area contributed by atoms with Crippen molar-refractivity contribution in [2.24, 2.45) is 0 Å². The number of pyridine rings is 1. The molecule has 0 aliphatic heterocycles. The van der Waals surface area contributed by atoms with Crippen LogP contribution < -0.4 is 14.8 Å². The predicted molar refractivity (Wildman–Crippen MR) is 121 cm³/mol. The average molecular weight is 426 g/mol. The van der Waals surface area contributed by atoms with Crippen LogP contribution in [0.1, 0.15) is 15.9 Å². The number of nitrogens with zero attached hydrogens (tertiary/aromatic N) is 3. The van der Waals surface area contributed by atoms with Gasteiger partial charge in [0.05, 0.1) is 25.5 Å². The van der Waals surface area contributed by atoms with Crippen LogP contribution in [0.4, 0.5) is 0 Å². The molecule has 4 rings (SSSR count). The minimum Gasteiger partial charge on any atom is -0.497 e. The molecule has 0 unspecified atom stereocenters. The van der Waals surface area contributed by atoms with E-state index in [0.29, 0.717) is 35.1 Å². The lowest BCUT2D eigenvalue weighted by molar-refractivity contribution is 0.0951. The summed E-state index contributed by atoms with van der Waals surface area (Å²) in [5, 5.41) is 2.94. The Morgan fingerprint density at radius 2 is 1.59 bits per heavy atom. The highest BCUT2D eigenvalue weighted by Crippen LogP contribution is 2.25. The Bertz CT molecular complexity index is 1190. The number of nitrogens with one attached hydrogen (secondary N) is 1. The highest BCUT2D eigenvalue weighted by Gasteiger charge is 2.17. The van der Waals surface area contributed by atoms with E-state index in [1.165, 1.54) is 0 Å². The van der Waals surface area contributed by atoms with E-state index in [1.807, 2.05) is 54.6 Å². The van der Waals surface area contributed by atoms with Gasteiger partial charge in [0, 0.05) is 42.3 Å². The van der Waals surface area contributed by atoms with Crippen molar-refractivity contribution in [3.05, 3.63) is 90.4 Å². The number of hydrogen-bond acceptors (Lipinski definition) is 6. The summed E-state index contributed by atoms with van der Waals surface area (Å²) in [5.41, 5.74) is 3.43. The number of methoxy groups -OCH3 is 2. The molecule has 2 aromatic carbocycles. The van der Waals surface area contributed by atoms with Crippen LogP contribution in [0.15, 0.2) is 79.3 Å². The van der Waals surface area contributed by atoms with Crippen molar-refractivity contribution in [2.75, 3.05) is 14.2 Å². The minimum atomic E-state index is -0.279. The third-order valence-corrected chi connectivity index (χ3v) is 4.88. The highest BCUT2D eigenvalue weighted by molar-refractivity contribution is 5.99. The van der Waals surface area contributed by atoms with E-state index in [1.54, 1.807) is 38.9 Å². The molecule has 1 amide bonds. The van der Waals surface area contributed by atoms with E-state index >= 15 is 0 Å². The monoisotopic (exact) mass is 426 g/mol. The van der Waals surface area contributed by atoms with Gasteiger partial charge in [0.1, 0.15) is 11.5 Å². The van der Waals surface area contributed by atoms with Gasteiger partial charge in [0.15, 0.2) is 5.82 Å². The van der Waals surface area contributed by atoms with Crippen LogP contribution in [0.25, 0.3) is 22.6 Å².